The summed E-state index contributed by atoms with van der Waals surface area (Å²) < 4.78 is 5.46. The highest BCUT2D eigenvalue weighted by Gasteiger charge is 2.15. The molecule has 2 aromatic rings. The number of anilines is 2. The van der Waals surface area contributed by atoms with Gasteiger partial charge in [0.05, 0.1) is 12.8 Å². The molecule has 1 N–H and O–H groups in total. The molecule has 2 aromatic carbocycles. The van der Waals surface area contributed by atoms with Crippen LogP contribution in [0.15, 0.2) is 48.5 Å². The Balaban J connectivity index is 2.45. The van der Waals surface area contributed by atoms with E-state index in [2.05, 4.69) is 54.5 Å². The van der Waals surface area contributed by atoms with Crippen LogP contribution in [0.5, 0.6) is 5.75 Å². The topological polar surface area (TPSA) is 24.5 Å². The van der Waals surface area contributed by atoms with Crippen molar-refractivity contribution in [2.75, 3.05) is 26.1 Å². The second-order valence-electron chi connectivity index (χ2n) is 4.80. The minimum absolute atomic E-state index is 0.295. The largest absolute Gasteiger partial charge is 0.495 e. The lowest BCUT2D eigenvalue weighted by molar-refractivity contribution is 0.415. The number of hydrogen-bond acceptors (Lipinski definition) is 3. The average molecular weight is 270 g/mol. The number of hydrogen-bond donors (Lipinski definition) is 1. The summed E-state index contributed by atoms with van der Waals surface area (Å²) >= 11 is 0. The van der Waals surface area contributed by atoms with E-state index in [0.717, 1.165) is 11.4 Å². The maximum atomic E-state index is 5.46. The Labute approximate surface area is 121 Å². The van der Waals surface area contributed by atoms with Crippen molar-refractivity contribution in [3.05, 3.63) is 54.1 Å². The van der Waals surface area contributed by atoms with Crippen molar-refractivity contribution in [2.24, 2.45) is 0 Å². The molecule has 0 saturated carbocycles. The van der Waals surface area contributed by atoms with Gasteiger partial charge in [-0.15, -0.1) is 0 Å². The third-order valence-electron chi connectivity index (χ3n) is 3.64. The highest BCUT2D eigenvalue weighted by Crippen LogP contribution is 2.35. The van der Waals surface area contributed by atoms with Crippen LogP contribution >= 0.6 is 0 Å². The second-order valence-corrected chi connectivity index (χ2v) is 4.80. The summed E-state index contributed by atoms with van der Waals surface area (Å²) in [7, 11) is 5.75. The van der Waals surface area contributed by atoms with Gasteiger partial charge < -0.3 is 15.0 Å². The molecule has 0 aliphatic carbocycles. The van der Waals surface area contributed by atoms with E-state index in [1.165, 1.54) is 11.3 Å². The molecule has 0 fully saturated rings. The molecule has 0 amide bonds. The molecule has 3 heteroatoms. The summed E-state index contributed by atoms with van der Waals surface area (Å²) in [6, 6.07) is 16.8. The minimum atomic E-state index is 0.295. The highest BCUT2D eigenvalue weighted by molar-refractivity contribution is 5.71. The summed E-state index contributed by atoms with van der Waals surface area (Å²) in [5, 5.41) is 3.30. The number of nitrogens with one attached hydrogen (secondary N) is 1. The van der Waals surface area contributed by atoms with E-state index in [0.29, 0.717) is 6.04 Å². The number of rotatable bonds is 5. The maximum Gasteiger partial charge on any atom is 0.142 e. The smallest absolute Gasteiger partial charge is 0.142 e. The number of ether oxygens (including phenoxy) is 1. The van der Waals surface area contributed by atoms with Gasteiger partial charge in [-0.3, -0.25) is 0 Å². The molecule has 1 atom stereocenters. The van der Waals surface area contributed by atoms with Crippen molar-refractivity contribution >= 4 is 11.4 Å². The fourth-order valence-corrected chi connectivity index (χ4v) is 2.35. The standard InChI is InChI=1S/C17H22N2O/c1-13(18-2)14-9-5-6-10-15(14)19(3)16-11-7-8-12-17(16)20-4/h5-13,18H,1-4H3. The van der Waals surface area contributed by atoms with Crippen LogP contribution in [0.25, 0.3) is 0 Å². The quantitative estimate of drug-likeness (QED) is 0.895. The Bertz CT molecular complexity index is 568. The van der Waals surface area contributed by atoms with Crippen LogP contribution in [0.2, 0.25) is 0 Å². The first kappa shape index (κ1) is 14.4. The number of nitrogens with zero attached hydrogens (tertiary/aromatic N) is 1. The first-order chi connectivity index (χ1) is 9.69. The maximum absolute atomic E-state index is 5.46. The molecule has 0 aliphatic heterocycles. The second kappa shape index (κ2) is 6.44. The van der Waals surface area contributed by atoms with Gasteiger partial charge in [-0.25, -0.2) is 0 Å². The van der Waals surface area contributed by atoms with Crippen molar-refractivity contribution in [1.29, 1.82) is 0 Å². The lowest BCUT2D eigenvalue weighted by atomic mass is 10.0. The molecule has 3 nitrogen and oxygen atoms in total. The molecule has 0 saturated heterocycles. The van der Waals surface area contributed by atoms with Gasteiger partial charge >= 0.3 is 0 Å². The van der Waals surface area contributed by atoms with E-state index >= 15 is 0 Å². The molecule has 106 valence electrons. The van der Waals surface area contributed by atoms with E-state index < -0.39 is 0 Å². The molecule has 2 rings (SSSR count). The average Bonchev–Trinajstić information content (AvgIpc) is 2.53. The van der Waals surface area contributed by atoms with Crippen LogP contribution in [0.1, 0.15) is 18.5 Å². The predicted octanol–water partition coefficient (Wildman–Crippen LogP) is 3.74. The zero-order chi connectivity index (χ0) is 14.5. The Morgan fingerprint density at radius 3 is 2.25 bits per heavy atom. The normalized spacial score (nSPS) is 12.0. The zero-order valence-electron chi connectivity index (χ0n) is 12.6. The third kappa shape index (κ3) is 2.78. The number of para-hydroxylation sites is 3. The number of methoxy groups -OCH3 is 1. The summed E-state index contributed by atoms with van der Waals surface area (Å²) in [6.45, 7) is 2.16. The SMILES string of the molecule is CNC(C)c1ccccc1N(C)c1ccccc1OC. The zero-order valence-corrected chi connectivity index (χ0v) is 12.6. The molecule has 0 spiro atoms. The molecule has 0 aliphatic rings. The third-order valence-corrected chi connectivity index (χ3v) is 3.64. The van der Waals surface area contributed by atoms with Crippen molar-refractivity contribution in [2.45, 2.75) is 13.0 Å². The van der Waals surface area contributed by atoms with Gasteiger partial charge in [-0.1, -0.05) is 30.3 Å². The van der Waals surface area contributed by atoms with E-state index in [-0.39, 0.29) is 0 Å². The molecule has 20 heavy (non-hydrogen) atoms. The number of benzene rings is 2. The van der Waals surface area contributed by atoms with Crippen LogP contribution in [0, 0.1) is 0 Å². The lowest BCUT2D eigenvalue weighted by Crippen LogP contribution is -2.18. The summed E-state index contributed by atoms with van der Waals surface area (Å²) in [5.74, 6) is 0.877. The lowest BCUT2D eigenvalue weighted by Gasteiger charge is -2.26. The van der Waals surface area contributed by atoms with Crippen molar-refractivity contribution in [3.8, 4) is 5.75 Å². The monoisotopic (exact) mass is 270 g/mol. The Morgan fingerprint density at radius 2 is 1.60 bits per heavy atom. The summed E-state index contributed by atoms with van der Waals surface area (Å²) in [5.41, 5.74) is 3.51. The van der Waals surface area contributed by atoms with Gasteiger partial charge in [0, 0.05) is 18.8 Å². The van der Waals surface area contributed by atoms with Gasteiger partial charge in [0.15, 0.2) is 0 Å². The van der Waals surface area contributed by atoms with Gasteiger partial charge in [-0.2, -0.15) is 0 Å². The Morgan fingerprint density at radius 1 is 1.00 bits per heavy atom. The summed E-state index contributed by atoms with van der Waals surface area (Å²) in [6.07, 6.45) is 0. The van der Waals surface area contributed by atoms with Crippen LogP contribution < -0.4 is 15.0 Å². The molecule has 0 bridgehead atoms. The molecular formula is C17H22N2O. The van der Waals surface area contributed by atoms with Crippen LogP contribution in [-0.4, -0.2) is 21.2 Å². The predicted molar refractivity (Wildman–Crippen MR) is 85.0 cm³/mol. The highest BCUT2D eigenvalue weighted by atomic mass is 16.5. The molecule has 0 aromatic heterocycles. The van der Waals surface area contributed by atoms with E-state index in [1.54, 1.807) is 7.11 Å². The van der Waals surface area contributed by atoms with E-state index in [1.807, 2.05) is 25.2 Å². The first-order valence-corrected chi connectivity index (χ1v) is 6.82. The van der Waals surface area contributed by atoms with Gasteiger partial charge in [0.2, 0.25) is 0 Å². The van der Waals surface area contributed by atoms with Crippen LogP contribution in [0.4, 0.5) is 11.4 Å². The van der Waals surface area contributed by atoms with E-state index in [9.17, 15) is 0 Å². The minimum Gasteiger partial charge on any atom is -0.495 e. The molecule has 0 heterocycles. The van der Waals surface area contributed by atoms with Crippen molar-refractivity contribution in [1.82, 2.24) is 5.32 Å². The van der Waals surface area contributed by atoms with Crippen LogP contribution in [0.3, 0.4) is 0 Å². The Kier molecular flexibility index (Phi) is 4.64. The van der Waals surface area contributed by atoms with Crippen molar-refractivity contribution in [3.63, 3.8) is 0 Å². The van der Waals surface area contributed by atoms with Gasteiger partial charge in [0.25, 0.3) is 0 Å². The van der Waals surface area contributed by atoms with Gasteiger partial charge in [-0.05, 0) is 37.7 Å². The van der Waals surface area contributed by atoms with Crippen molar-refractivity contribution < 1.29 is 4.74 Å². The fourth-order valence-electron chi connectivity index (χ4n) is 2.35. The molecular weight excluding hydrogens is 248 g/mol. The van der Waals surface area contributed by atoms with Gasteiger partial charge in [0.1, 0.15) is 5.75 Å². The Hall–Kier alpha value is -2.00. The molecule has 1 unspecified atom stereocenters. The van der Waals surface area contributed by atoms with Crippen LogP contribution in [-0.2, 0) is 0 Å². The van der Waals surface area contributed by atoms with E-state index in [4.69, 9.17) is 4.74 Å². The fraction of sp³-hybridized carbons (Fsp3) is 0.294. The first-order valence-electron chi connectivity index (χ1n) is 6.82. The summed E-state index contributed by atoms with van der Waals surface area (Å²) in [4.78, 5) is 2.17. The molecule has 0 radical (unpaired) electrons.